The molecule has 0 bridgehead atoms. The van der Waals surface area contributed by atoms with E-state index in [4.69, 9.17) is 9.15 Å². The molecule has 0 saturated carbocycles. The van der Waals surface area contributed by atoms with E-state index in [-0.39, 0.29) is 0 Å². The number of ether oxygens (including phenoxy) is 1. The minimum atomic E-state index is 0.888. The van der Waals surface area contributed by atoms with E-state index >= 15 is 0 Å². The van der Waals surface area contributed by atoms with Crippen LogP contribution < -0.4 is 4.74 Å². The number of hydrogen-bond donors (Lipinski definition) is 0. The molecule has 0 aliphatic carbocycles. The molecule has 0 aliphatic heterocycles. The molecular formula is C29H20O2. The number of rotatable bonds is 3. The third-order valence-electron chi connectivity index (χ3n) is 5.97. The molecule has 5 aromatic carbocycles. The number of hydrogen-bond acceptors (Lipinski definition) is 2. The Labute approximate surface area is 180 Å². The highest BCUT2D eigenvalue weighted by Gasteiger charge is 2.13. The van der Waals surface area contributed by atoms with Crippen LogP contribution in [0.1, 0.15) is 0 Å². The van der Waals surface area contributed by atoms with Crippen LogP contribution in [0, 0.1) is 0 Å². The highest BCUT2D eigenvalue weighted by atomic mass is 16.5. The SMILES string of the molecule is COc1cc(-c2ccccc2-c2ccc3oc4ccccc4c3c2)cc2ccccc12. The molecule has 31 heavy (non-hydrogen) atoms. The van der Waals surface area contributed by atoms with Gasteiger partial charge in [0.1, 0.15) is 16.9 Å². The van der Waals surface area contributed by atoms with Crippen LogP contribution in [0.2, 0.25) is 0 Å². The summed E-state index contributed by atoms with van der Waals surface area (Å²) in [6.45, 7) is 0. The standard InChI is InChI=1S/C29H20O2/c1-30-29-18-21(16-19-8-2-3-11-24(19)29)23-10-5-4-9-22(23)20-14-15-28-26(17-20)25-12-6-7-13-27(25)31-28/h2-18H,1H3. The van der Waals surface area contributed by atoms with Gasteiger partial charge in [-0.15, -0.1) is 0 Å². The van der Waals surface area contributed by atoms with Crippen LogP contribution in [0.4, 0.5) is 0 Å². The van der Waals surface area contributed by atoms with Crippen molar-refractivity contribution in [1.82, 2.24) is 0 Å². The maximum absolute atomic E-state index is 6.02. The Kier molecular flexibility index (Phi) is 4.03. The Morgan fingerprint density at radius 1 is 0.548 bits per heavy atom. The van der Waals surface area contributed by atoms with Gasteiger partial charge in [-0.05, 0) is 58.0 Å². The van der Waals surface area contributed by atoms with E-state index in [1.165, 1.54) is 22.1 Å². The maximum atomic E-state index is 6.02. The van der Waals surface area contributed by atoms with Crippen molar-refractivity contribution >= 4 is 32.7 Å². The van der Waals surface area contributed by atoms with Crippen molar-refractivity contribution in [3.63, 3.8) is 0 Å². The molecule has 0 saturated heterocycles. The lowest BCUT2D eigenvalue weighted by Crippen LogP contribution is -1.89. The zero-order valence-corrected chi connectivity index (χ0v) is 17.1. The van der Waals surface area contributed by atoms with Crippen LogP contribution in [-0.2, 0) is 0 Å². The summed E-state index contributed by atoms with van der Waals surface area (Å²) in [5.41, 5.74) is 6.51. The van der Waals surface area contributed by atoms with E-state index in [0.717, 1.165) is 38.6 Å². The zero-order chi connectivity index (χ0) is 20.8. The van der Waals surface area contributed by atoms with Gasteiger partial charge in [-0.1, -0.05) is 72.8 Å². The van der Waals surface area contributed by atoms with E-state index in [2.05, 4.69) is 84.9 Å². The fourth-order valence-electron chi connectivity index (χ4n) is 4.48. The van der Waals surface area contributed by atoms with Crippen LogP contribution >= 0.6 is 0 Å². The summed E-state index contributed by atoms with van der Waals surface area (Å²) in [7, 11) is 1.73. The zero-order valence-electron chi connectivity index (χ0n) is 17.1. The number of fused-ring (bicyclic) bond motifs is 4. The average Bonchev–Trinajstić information content (AvgIpc) is 3.21. The molecule has 0 aliphatic rings. The second kappa shape index (κ2) is 7.03. The van der Waals surface area contributed by atoms with Gasteiger partial charge in [-0.2, -0.15) is 0 Å². The van der Waals surface area contributed by atoms with E-state index in [0.29, 0.717) is 0 Å². The average molecular weight is 400 g/mol. The largest absolute Gasteiger partial charge is 0.496 e. The Bertz CT molecular complexity index is 1570. The minimum Gasteiger partial charge on any atom is -0.496 e. The molecule has 148 valence electrons. The molecule has 0 radical (unpaired) electrons. The third-order valence-corrected chi connectivity index (χ3v) is 5.97. The van der Waals surface area contributed by atoms with E-state index in [1.807, 2.05) is 18.2 Å². The molecule has 0 atom stereocenters. The van der Waals surface area contributed by atoms with Crippen molar-refractivity contribution in [2.24, 2.45) is 0 Å². The first-order valence-corrected chi connectivity index (χ1v) is 10.4. The van der Waals surface area contributed by atoms with Gasteiger partial charge in [-0.3, -0.25) is 0 Å². The summed E-state index contributed by atoms with van der Waals surface area (Å²) in [5, 5.41) is 4.57. The van der Waals surface area contributed by atoms with Gasteiger partial charge >= 0.3 is 0 Å². The molecule has 2 heteroatoms. The lowest BCUT2D eigenvalue weighted by atomic mass is 9.92. The molecule has 0 fully saturated rings. The van der Waals surface area contributed by atoms with Gasteiger partial charge in [0.2, 0.25) is 0 Å². The number of benzene rings is 5. The predicted octanol–water partition coefficient (Wildman–Crippen LogP) is 8.08. The summed E-state index contributed by atoms with van der Waals surface area (Å²) in [4.78, 5) is 0. The Morgan fingerprint density at radius 2 is 1.23 bits per heavy atom. The topological polar surface area (TPSA) is 22.4 Å². The molecule has 6 aromatic rings. The summed E-state index contributed by atoms with van der Waals surface area (Å²) in [6, 6.07) is 35.9. The quantitative estimate of drug-likeness (QED) is 0.299. The van der Waals surface area contributed by atoms with Gasteiger partial charge in [0.05, 0.1) is 7.11 Å². The number of furan rings is 1. The van der Waals surface area contributed by atoms with Crippen LogP contribution in [0.15, 0.2) is 108 Å². The fraction of sp³-hybridized carbons (Fsp3) is 0.0345. The molecule has 1 heterocycles. The van der Waals surface area contributed by atoms with Crippen LogP contribution in [0.3, 0.4) is 0 Å². The molecule has 1 aromatic heterocycles. The highest BCUT2D eigenvalue weighted by molar-refractivity contribution is 6.07. The Hall–Kier alpha value is -4.04. The Morgan fingerprint density at radius 3 is 2.06 bits per heavy atom. The van der Waals surface area contributed by atoms with Gasteiger partial charge in [0.25, 0.3) is 0 Å². The van der Waals surface area contributed by atoms with Crippen molar-refractivity contribution < 1.29 is 9.15 Å². The lowest BCUT2D eigenvalue weighted by Gasteiger charge is -2.13. The number of methoxy groups -OCH3 is 1. The monoisotopic (exact) mass is 400 g/mol. The van der Waals surface area contributed by atoms with Gasteiger partial charge in [-0.25, -0.2) is 0 Å². The van der Waals surface area contributed by atoms with Gasteiger partial charge < -0.3 is 9.15 Å². The normalized spacial score (nSPS) is 11.4. The van der Waals surface area contributed by atoms with E-state index in [9.17, 15) is 0 Å². The lowest BCUT2D eigenvalue weighted by molar-refractivity contribution is 0.420. The van der Waals surface area contributed by atoms with Crippen LogP contribution in [0.5, 0.6) is 5.75 Å². The molecular weight excluding hydrogens is 380 g/mol. The van der Waals surface area contributed by atoms with Crippen molar-refractivity contribution in [1.29, 1.82) is 0 Å². The minimum absolute atomic E-state index is 0.888. The second-order valence-corrected chi connectivity index (χ2v) is 7.75. The van der Waals surface area contributed by atoms with Crippen molar-refractivity contribution in [2.75, 3.05) is 7.11 Å². The maximum Gasteiger partial charge on any atom is 0.135 e. The Balaban J connectivity index is 1.58. The summed E-state index contributed by atoms with van der Waals surface area (Å²) < 4.78 is 11.7. The summed E-state index contributed by atoms with van der Waals surface area (Å²) in [6.07, 6.45) is 0. The fourth-order valence-corrected chi connectivity index (χ4v) is 4.48. The van der Waals surface area contributed by atoms with E-state index in [1.54, 1.807) is 7.11 Å². The summed E-state index contributed by atoms with van der Waals surface area (Å²) in [5.74, 6) is 0.888. The molecule has 0 N–H and O–H groups in total. The van der Waals surface area contributed by atoms with Crippen molar-refractivity contribution in [2.45, 2.75) is 0 Å². The van der Waals surface area contributed by atoms with Gasteiger partial charge in [0, 0.05) is 16.2 Å². The first-order chi connectivity index (χ1) is 15.3. The molecule has 0 unspecified atom stereocenters. The molecule has 2 nitrogen and oxygen atoms in total. The van der Waals surface area contributed by atoms with Crippen molar-refractivity contribution in [3.8, 4) is 28.0 Å². The highest BCUT2D eigenvalue weighted by Crippen LogP contribution is 2.39. The van der Waals surface area contributed by atoms with Crippen LogP contribution in [0.25, 0.3) is 55.0 Å². The first-order valence-electron chi connectivity index (χ1n) is 10.4. The van der Waals surface area contributed by atoms with Gasteiger partial charge in [0.15, 0.2) is 0 Å². The third kappa shape index (κ3) is 2.88. The molecule has 0 spiro atoms. The summed E-state index contributed by atoms with van der Waals surface area (Å²) >= 11 is 0. The van der Waals surface area contributed by atoms with E-state index < -0.39 is 0 Å². The molecule has 6 rings (SSSR count). The molecule has 0 amide bonds. The predicted molar refractivity (Wildman–Crippen MR) is 129 cm³/mol. The van der Waals surface area contributed by atoms with Crippen LogP contribution in [-0.4, -0.2) is 7.11 Å². The van der Waals surface area contributed by atoms with Crippen molar-refractivity contribution in [3.05, 3.63) is 103 Å². The first kappa shape index (κ1) is 17.8. The smallest absolute Gasteiger partial charge is 0.135 e. The second-order valence-electron chi connectivity index (χ2n) is 7.75. The number of para-hydroxylation sites is 1.